The van der Waals surface area contributed by atoms with Gasteiger partial charge in [0, 0.05) is 30.7 Å². The average Bonchev–Trinajstić information content (AvgIpc) is 3.33. The molecule has 0 radical (unpaired) electrons. The molecule has 0 bridgehead atoms. The maximum Gasteiger partial charge on any atom is 0.0876 e. The molecule has 5 heteroatoms. The molecule has 124 valence electrons. The van der Waals surface area contributed by atoms with Crippen molar-refractivity contribution in [2.24, 2.45) is 0 Å². The van der Waals surface area contributed by atoms with E-state index in [2.05, 4.69) is 39.9 Å². The first-order valence-corrected chi connectivity index (χ1v) is 8.27. The van der Waals surface area contributed by atoms with Crippen molar-refractivity contribution < 1.29 is 0 Å². The number of benzene rings is 2. The van der Waals surface area contributed by atoms with E-state index in [4.69, 9.17) is 0 Å². The molecule has 25 heavy (non-hydrogen) atoms. The van der Waals surface area contributed by atoms with Gasteiger partial charge in [-0.3, -0.25) is 4.68 Å². The fraction of sp³-hybridized carbons (Fsp3) is 0.100. The Hall–Kier alpha value is -3.34. The Labute approximate surface area is 146 Å². The predicted molar refractivity (Wildman–Crippen MR) is 98.7 cm³/mol. The molecule has 0 fully saturated rings. The molecule has 0 saturated carbocycles. The molecule has 0 unspecified atom stereocenters. The predicted octanol–water partition coefficient (Wildman–Crippen LogP) is 3.73. The molecule has 0 aliphatic heterocycles. The van der Waals surface area contributed by atoms with Gasteiger partial charge < -0.3 is 5.32 Å². The third-order valence-electron chi connectivity index (χ3n) is 4.01. The number of anilines is 1. The van der Waals surface area contributed by atoms with Crippen LogP contribution in [0.3, 0.4) is 0 Å². The highest BCUT2D eigenvalue weighted by Gasteiger charge is 2.05. The maximum absolute atomic E-state index is 4.46. The van der Waals surface area contributed by atoms with Crippen molar-refractivity contribution in [2.45, 2.75) is 13.1 Å². The van der Waals surface area contributed by atoms with Crippen LogP contribution in [0.1, 0.15) is 11.1 Å². The van der Waals surface area contributed by atoms with Gasteiger partial charge in [0.2, 0.25) is 0 Å². The number of rotatable bonds is 6. The zero-order chi connectivity index (χ0) is 16.9. The van der Waals surface area contributed by atoms with Crippen LogP contribution in [0, 0.1) is 0 Å². The van der Waals surface area contributed by atoms with Gasteiger partial charge in [0.15, 0.2) is 0 Å². The van der Waals surface area contributed by atoms with Crippen LogP contribution in [0.5, 0.6) is 0 Å². The number of nitrogens with zero attached hydrogens (tertiary/aromatic N) is 4. The number of nitrogens with one attached hydrogen (secondary N) is 1. The second-order valence-corrected chi connectivity index (χ2v) is 5.85. The molecule has 2 aromatic carbocycles. The topological polar surface area (TPSA) is 47.7 Å². The van der Waals surface area contributed by atoms with Crippen LogP contribution in [0.15, 0.2) is 85.5 Å². The number of para-hydroxylation sites is 2. The Morgan fingerprint density at radius 1 is 0.840 bits per heavy atom. The van der Waals surface area contributed by atoms with E-state index in [-0.39, 0.29) is 0 Å². The van der Waals surface area contributed by atoms with Gasteiger partial charge in [-0.05, 0) is 23.8 Å². The minimum absolute atomic E-state index is 0.715. The monoisotopic (exact) mass is 329 g/mol. The lowest BCUT2D eigenvalue weighted by molar-refractivity contribution is 0.686. The Balaban J connectivity index is 1.44. The van der Waals surface area contributed by atoms with E-state index in [9.17, 15) is 0 Å². The summed E-state index contributed by atoms with van der Waals surface area (Å²) >= 11 is 0. The molecule has 0 atom stereocenters. The van der Waals surface area contributed by atoms with Crippen molar-refractivity contribution in [3.63, 3.8) is 0 Å². The molecule has 0 aliphatic carbocycles. The first-order chi connectivity index (χ1) is 12.4. The average molecular weight is 329 g/mol. The molecule has 2 heterocycles. The third kappa shape index (κ3) is 3.61. The molecule has 4 aromatic rings. The third-order valence-corrected chi connectivity index (χ3v) is 4.01. The summed E-state index contributed by atoms with van der Waals surface area (Å²) in [4.78, 5) is 0. The van der Waals surface area contributed by atoms with Crippen molar-refractivity contribution in [2.75, 3.05) is 5.32 Å². The zero-order valence-electron chi connectivity index (χ0n) is 13.8. The van der Waals surface area contributed by atoms with Gasteiger partial charge in [-0.25, -0.2) is 4.68 Å². The molecule has 5 nitrogen and oxygen atoms in total. The fourth-order valence-electron chi connectivity index (χ4n) is 2.79. The van der Waals surface area contributed by atoms with Crippen LogP contribution in [-0.2, 0) is 13.1 Å². The Morgan fingerprint density at radius 2 is 1.68 bits per heavy atom. The lowest BCUT2D eigenvalue weighted by Gasteiger charge is -2.11. The summed E-state index contributed by atoms with van der Waals surface area (Å²) in [6.45, 7) is 1.50. The summed E-state index contributed by atoms with van der Waals surface area (Å²) in [5, 5.41) is 12.2. The van der Waals surface area contributed by atoms with Gasteiger partial charge in [0.1, 0.15) is 0 Å². The largest absolute Gasteiger partial charge is 0.379 e. The van der Waals surface area contributed by atoms with Crippen molar-refractivity contribution >= 4 is 5.69 Å². The van der Waals surface area contributed by atoms with Gasteiger partial charge in [-0.1, -0.05) is 42.5 Å². The van der Waals surface area contributed by atoms with E-state index in [0.717, 1.165) is 23.5 Å². The SMILES string of the molecule is c1ccc(Cn2cc(CNc3ccccc3-n3cccn3)cn2)cc1. The Morgan fingerprint density at radius 3 is 2.52 bits per heavy atom. The highest BCUT2D eigenvalue weighted by atomic mass is 15.3. The standard InChI is InChI=1S/C20H19N5/c1-2-7-17(8-3-1)15-24-16-18(14-23-24)13-21-19-9-4-5-10-20(19)25-12-6-11-22-25/h1-12,14,16,21H,13,15H2. The molecular formula is C20H19N5. The molecule has 2 aromatic heterocycles. The summed E-state index contributed by atoms with van der Waals surface area (Å²) in [6, 6.07) is 20.4. The lowest BCUT2D eigenvalue weighted by Crippen LogP contribution is -2.04. The quantitative estimate of drug-likeness (QED) is 0.586. The van der Waals surface area contributed by atoms with Gasteiger partial charge >= 0.3 is 0 Å². The van der Waals surface area contributed by atoms with E-state index >= 15 is 0 Å². The minimum Gasteiger partial charge on any atom is -0.379 e. The molecule has 0 saturated heterocycles. The van der Waals surface area contributed by atoms with Crippen LogP contribution < -0.4 is 5.32 Å². The first-order valence-electron chi connectivity index (χ1n) is 8.27. The van der Waals surface area contributed by atoms with Gasteiger partial charge in [-0.2, -0.15) is 10.2 Å². The first kappa shape index (κ1) is 15.2. The molecule has 0 amide bonds. The van der Waals surface area contributed by atoms with Crippen molar-refractivity contribution in [1.29, 1.82) is 0 Å². The molecular weight excluding hydrogens is 310 g/mol. The summed E-state index contributed by atoms with van der Waals surface area (Å²) in [5.74, 6) is 0. The molecule has 0 aliphatic rings. The van der Waals surface area contributed by atoms with Crippen molar-refractivity contribution in [3.8, 4) is 5.69 Å². The van der Waals surface area contributed by atoms with Crippen LogP contribution in [0.25, 0.3) is 5.69 Å². The second-order valence-electron chi connectivity index (χ2n) is 5.85. The number of hydrogen-bond donors (Lipinski definition) is 1. The van der Waals surface area contributed by atoms with E-state index in [1.807, 2.05) is 64.2 Å². The smallest absolute Gasteiger partial charge is 0.0876 e. The minimum atomic E-state index is 0.715. The van der Waals surface area contributed by atoms with Crippen molar-refractivity contribution in [3.05, 3.63) is 96.6 Å². The van der Waals surface area contributed by atoms with E-state index in [1.54, 1.807) is 6.20 Å². The van der Waals surface area contributed by atoms with E-state index in [0.29, 0.717) is 6.54 Å². The second kappa shape index (κ2) is 7.05. The summed E-state index contributed by atoms with van der Waals surface area (Å²) in [5.41, 5.74) is 4.46. The summed E-state index contributed by atoms with van der Waals surface area (Å²) in [7, 11) is 0. The van der Waals surface area contributed by atoms with Crippen LogP contribution >= 0.6 is 0 Å². The highest BCUT2D eigenvalue weighted by molar-refractivity contribution is 5.60. The van der Waals surface area contributed by atoms with Gasteiger partial charge in [0.25, 0.3) is 0 Å². The van der Waals surface area contributed by atoms with Gasteiger partial charge in [0.05, 0.1) is 24.1 Å². The van der Waals surface area contributed by atoms with E-state index < -0.39 is 0 Å². The normalized spacial score (nSPS) is 10.7. The maximum atomic E-state index is 4.46. The fourth-order valence-corrected chi connectivity index (χ4v) is 2.79. The molecule has 4 rings (SSSR count). The summed E-state index contributed by atoms with van der Waals surface area (Å²) in [6.07, 6.45) is 7.71. The Bertz CT molecular complexity index is 926. The van der Waals surface area contributed by atoms with Gasteiger partial charge in [-0.15, -0.1) is 0 Å². The van der Waals surface area contributed by atoms with Crippen LogP contribution in [-0.4, -0.2) is 19.6 Å². The lowest BCUT2D eigenvalue weighted by atomic mass is 10.2. The van der Waals surface area contributed by atoms with Crippen LogP contribution in [0.4, 0.5) is 5.69 Å². The number of hydrogen-bond acceptors (Lipinski definition) is 3. The molecule has 0 spiro atoms. The van der Waals surface area contributed by atoms with Crippen LogP contribution in [0.2, 0.25) is 0 Å². The van der Waals surface area contributed by atoms with E-state index in [1.165, 1.54) is 5.56 Å². The molecule has 1 N–H and O–H groups in total. The zero-order valence-corrected chi connectivity index (χ0v) is 13.8. The Kier molecular flexibility index (Phi) is 4.29. The number of aromatic nitrogens is 4. The van der Waals surface area contributed by atoms with Crippen molar-refractivity contribution in [1.82, 2.24) is 19.6 Å². The summed E-state index contributed by atoms with van der Waals surface area (Å²) < 4.78 is 3.83. The highest BCUT2D eigenvalue weighted by Crippen LogP contribution is 2.19.